The molecule has 2 aromatic rings. The number of para-hydroxylation sites is 1. The fraction of sp³-hybridized carbons (Fsp3) is 0.526. The molecule has 0 saturated carbocycles. The van der Waals surface area contributed by atoms with Crippen LogP contribution in [-0.4, -0.2) is 44.9 Å². The monoisotopic (exact) mass is 424 g/mol. The molecule has 1 aromatic heterocycles. The number of halogens is 1. The lowest BCUT2D eigenvalue weighted by molar-refractivity contribution is -0.149. The molecule has 1 aliphatic heterocycles. The molecule has 0 amide bonds. The van der Waals surface area contributed by atoms with E-state index in [4.69, 9.17) is 33.3 Å². The highest BCUT2D eigenvalue weighted by molar-refractivity contribution is 7.71. The molecule has 9 heteroatoms. The van der Waals surface area contributed by atoms with Gasteiger partial charge < -0.3 is 14.0 Å². The van der Waals surface area contributed by atoms with E-state index in [0.717, 1.165) is 31.8 Å². The van der Waals surface area contributed by atoms with Crippen LogP contribution in [0.1, 0.15) is 25.6 Å². The van der Waals surface area contributed by atoms with Crippen LogP contribution < -0.4 is 4.74 Å². The maximum Gasteiger partial charge on any atom is 0.309 e. The van der Waals surface area contributed by atoms with Gasteiger partial charge in [0.05, 0.1) is 24.2 Å². The fourth-order valence-electron chi connectivity index (χ4n) is 3.21. The largest absolute Gasteiger partial charge is 0.484 e. The minimum absolute atomic E-state index is 0.00696. The quantitative estimate of drug-likeness (QED) is 0.501. The Morgan fingerprint density at radius 1 is 1.32 bits per heavy atom. The van der Waals surface area contributed by atoms with Crippen molar-refractivity contribution in [3.63, 3.8) is 0 Å². The second-order valence-electron chi connectivity index (χ2n) is 6.76. The van der Waals surface area contributed by atoms with Crippen LogP contribution in [0, 0.1) is 10.7 Å². The van der Waals surface area contributed by atoms with Crippen LogP contribution in [-0.2, 0) is 29.9 Å². The maximum absolute atomic E-state index is 11.9. The number of hydrogen-bond acceptors (Lipinski definition) is 6. The summed E-state index contributed by atoms with van der Waals surface area (Å²) in [6, 6.07) is 7.34. The summed E-state index contributed by atoms with van der Waals surface area (Å²) in [5.41, 5.74) is 0. The fourth-order valence-corrected chi connectivity index (χ4v) is 3.61. The number of nitrogens with zero attached hydrogens (tertiary/aromatic N) is 4. The Kier molecular flexibility index (Phi) is 7.09. The standard InChI is InChI=1S/C19H25ClN4O3S/c1-3-26-18(25)14-8-10-23(11-9-14)13-24-19(28)22(2)17(21-24)12-27-16-7-5-4-6-15(16)20/h4-7,14H,3,8-13H2,1-2H3. The molecule has 3 rings (SSSR count). The number of ether oxygens (including phenoxy) is 2. The van der Waals surface area contributed by atoms with Crippen LogP contribution in [0.15, 0.2) is 24.3 Å². The Morgan fingerprint density at radius 2 is 2.04 bits per heavy atom. The Morgan fingerprint density at radius 3 is 2.71 bits per heavy atom. The second-order valence-corrected chi connectivity index (χ2v) is 7.53. The van der Waals surface area contributed by atoms with Crippen LogP contribution in [0.25, 0.3) is 0 Å². The van der Waals surface area contributed by atoms with Gasteiger partial charge in [0.15, 0.2) is 10.6 Å². The van der Waals surface area contributed by atoms with E-state index in [1.807, 2.05) is 36.7 Å². The van der Waals surface area contributed by atoms with Crippen molar-refractivity contribution >= 4 is 29.8 Å². The summed E-state index contributed by atoms with van der Waals surface area (Å²) in [4.78, 5) is 14.1. The first-order valence-corrected chi connectivity index (χ1v) is 10.2. The number of carbonyl (C=O) groups excluding carboxylic acids is 1. The minimum Gasteiger partial charge on any atom is -0.484 e. The molecule has 0 aliphatic carbocycles. The molecule has 0 spiro atoms. The molecule has 7 nitrogen and oxygen atoms in total. The molecule has 0 unspecified atom stereocenters. The first kappa shape index (κ1) is 20.8. The molecule has 0 radical (unpaired) electrons. The Bertz CT molecular complexity index is 874. The topological polar surface area (TPSA) is 61.5 Å². The van der Waals surface area contributed by atoms with Gasteiger partial charge in [0.1, 0.15) is 12.4 Å². The van der Waals surface area contributed by atoms with Gasteiger partial charge >= 0.3 is 5.97 Å². The van der Waals surface area contributed by atoms with Crippen molar-refractivity contribution in [2.24, 2.45) is 13.0 Å². The van der Waals surface area contributed by atoms with Crippen LogP contribution in [0.2, 0.25) is 5.02 Å². The third-order valence-corrected chi connectivity index (χ3v) is 5.66. The number of piperidine rings is 1. The maximum atomic E-state index is 11.9. The SMILES string of the molecule is CCOC(=O)C1CCN(Cn2nc(COc3ccccc3Cl)n(C)c2=S)CC1. The van der Waals surface area contributed by atoms with Crippen molar-refractivity contribution in [2.75, 3.05) is 19.7 Å². The zero-order valence-corrected chi connectivity index (χ0v) is 17.7. The molecule has 28 heavy (non-hydrogen) atoms. The average molecular weight is 425 g/mol. The summed E-state index contributed by atoms with van der Waals surface area (Å²) in [5, 5.41) is 5.17. The van der Waals surface area contributed by atoms with Gasteiger partial charge in [-0.3, -0.25) is 9.69 Å². The van der Waals surface area contributed by atoms with E-state index in [1.165, 1.54) is 0 Å². The van der Waals surface area contributed by atoms with Crippen LogP contribution in [0.5, 0.6) is 5.75 Å². The zero-order valence-electron chi connectivity index (χ0n) is 16.1. The van der Waals surface area contributed by atoms with E-state index in [-0.39, 0.29) is 18.5 Å². The van der Waals surface area contributed by atoms with Gasteiger partial charge in [0.25, 0.3) is 0 Å². The number of aromatic nitrogens is 3. The van der Waals surface area contributed by atoms with E-state index in [0.29, 0.717) is 28.8 Å². The summed E-state index contributed by atoms with van der Waals surface area (Å²) in [6.45, 7) is 4.76. The molecule has 1 aliphatic rings. The highest BCUT2D eigenvalue weighted by atomic mass is 35.5. The highest BCUT2D eigenvalue weighted by Crippen LogP contribution is 2.24. The van der Waals surface area contributed by atoms with Gasteiger partial charge in [-0.1, -0.05) is 23.7 Å². The van der Waals surface area contributed by atoms with Crippen molar-refractivity contribution in [1.29, 1.82) is 0 Å². The van der Waals surface area contributed by atoms with Gasteiger partial charge in [0, 0.05) is 20.1 Å². The second kappa shape index (κ2) is 9.54. The number of hydrogen-bond donors (Lipinski definition) is 0. The number of carbonyl (C=O) groups is 1. The Labute approximate surface area is 174 Å². The van der Waals surface area contributed by atoms with Crippen molar-refractivity contribution in [3.8, 4) is 5.75 Å². The van der Waals surface area contributed by atoms with E-state index in [9.17, 15) is 4.79 Å². The molecule has 0 bridgehead atoms. The lowest BCUT2D eigenvalue weighted by Crippen LogP contribution is -2.38. The van der Waals surface area contributed by atoms with Crippen LogP contribution >= 0.6 is 23.8 Å². The molecular weight excluding hydrogens is 400 g/mol. The normalized spacial score (nSPS) is 15.5. The third-order valence-electron chi connectivity index (χ3n) is 4.87. The van der Waals surface area contributed by atoms with Crippen molar-refractivity contribution in [3.05, 3.63) is 39.9 Å². The average Bonchev–Trinajstić information content (AvgIpc) is 2.96. The smallest absolute Gasteiger partial charge is 0.309 e. The zero-order chi connectivity index (χ0) is 20.1. The molecule has 2 heterocycles. The summed E-state index contributed by atoms with van der Waals surface area (Å²) in [6.07, 6.45) is 1.59. The van der Waals surface area contributed by atoms with Gasteiger partial charge in [-0.25, -0.2) is 4.68 Å². The lowest BCUT2D eigenvalue weighted by Gasteiger charge is -2.30. The van der Waals surface area contributed by atoms with E-state index < -0.39 is 0 Å². The predicted octanol–water partition coefficient (Wildman–Crippen LogP) is 3.42. The van der Waals surface area contributed by atoms with Crippen molar-refractivity contribution < 1.29 is 14.3 Å². The summed E-state index contributed by atoms with van der Waals surface area (Å²) < 4.78 is 15.2. The van der Waals surface area contributed by atoms with Crippen LogP contribution in [0.3, 0.4) is 0 Å². The molecular formula is C19H25ClN4O3S. The van der Waals surface area contributed by atoms with Crippen molar-refractivity contribution in [2.45, 2.75) is 33.0 Å². The van der Waals surface area contributed by atoms with Crippen LogP contribution in [0.4, 0.5) is 0 Å². The number of benzene rings is 1. The molecule has 1 fully saturated rings. The molecule has 1 aromatic carbocycles. The minimum atomic E-state index is -0.0874. The Hall–Kier alpha value is -1.90. The summed E-state index contributed by atoms with van der Waals surface area (Å²) >= 11 is 11.7. The molecule has 152 valence electrons. The van der Waals surface area contributed by atoms with Gasteiger partial charge in [0.2, 0.25) is 0 Å². The number of likely N-dealkylation sites (tertiary alicyclic amines) is 1. The molecule has 1 saturated heterocycles. The van der Waals surface area contributed by atoms with E-state index in [2.05, 4.69) is 10.00 Å². The third kappa shape index (κ3) is 4.92. The highest BCUT2D eigenvalue weighted by Gasteiger charge is 2.26. The van der Waals surface area contributed by atoms with Gasteiger partial charge in [-0.2, -0.15) is 5.10 Å². The number of rotatable bonds is 7. The molecule has 0 atom stereocenters. The van der Waals surface area contributed by atoms with Crippen molar-refractivity contribution in [1.82, 2.24) is 19.2 Å². The van der Waals surface area contributed by atoms with E-state index >= 15 is 0 Å². The van der Waals surface area contributed by atoms with Gasteiger partial charge in [-0.15, -0.1) is 0 Å². The number of esters is 1. The van der Waals surface area contributed by atoms with Gasteiger partial charge in [-0.05, 0) is 44.1 Å². The lowest BCUT2D eigenvalue weighted by atomic mass is 9.97. The summed E-state index contributed by atoms with van der Waals surface area (Å²) in [5.74, 6) is 1.25. The predicted molar refractivity (Wildman–Crippen MR) is 109 cm³/mol. The van der Waals surface area contributed by atoms with E-state index in [1.54, 1.807) is 10.7 Å². The summed E-state index contributed by atoms with van der Waals surface area (Å²) in [7, 11) is 1.88. The Balaban J connectivity index is 1.59. The molecule has 0 N–H and O–H groups in total. The first-order valence-electron chi connectivity index (χ1n) is 9.38. The first-order chi connectivity index (χ1) is 13.5.